The van der Waals surface area contributed by atoms with Crippen LogP contribution in [0.25, 0.3) is 0 Å². The normalized spacial score (nSPS) is 23.0. The van der Waals surface area contributed by atoms with Crippen LogP contribution in [-0.4, -0.2) is 18.2 Å². The Kier molecular flexibility index (Phi) is 2.63. The molecule has 0 saturated carbocycles. The number of carbonyl (C=O) groups is 2. The van der Waals surface area contributed by atoms with E-state index in [1.165, 1.54) is 0 Å². The Balaban J connectivity index is 2.24. The van der Waals surface area contributed by atoms with Gasteiger partial charge in [0.25, 0.3) is 0 Å². The largest absolute Gasteiger partial charge is 0.490 e. The zero-order valence-corrected chi connectivity index (χ0v) is 10.6. The zero-order chi connectivity index (χ0) is 13.5. The summed E-state index contributed by atoms with van der Waals surface area (Å²) in [5.74, 6) is 0.710. The Morgan fingerprint density at radius 1 is 1.32 bits per heavy atom. The van der Waals surface area contributed by atoms with Crippen molar-refractivity contribution in [3.8, 4) is 5.75 Å². The molecule has 1 aliphatic heterocycles. The van der Waals surface area contributed by atoms with Gasteiger partial charge in [-0.2, -0.15) is 0 Å². The van der Waals surface area contributed by atoms with Gasteiger partial charge in [0.1, 0.15) is 5.75 Å². The lowest BCUT2D eigenvalue weighted by Gasteiger charge is -2.39. The maximum absolute atomic E-state index is 11.4. The number of hydrogen-bond donors (Lipinski definition) is 0. The van der Waals surface area contributed by atoms with Crippen molar-refractivity contribution in [2.45, 2.75) is 24.9 Å². The van der Waals surface area contributed by atoms with Gasteiger partial charge in [0.15, 0.2) is 12.1 Å². The number of allylic oxidation sites excluding steroid dienone is 4. The van der Waals surface area contributed by atoms with E-state index in [4.69, 9.17) is 4.74 Å². The van der Waals surface area contributed by atoms with Crippen LogP contribution < -0.4 is 4.74 Å². The maximum atomic E-state index is 11.4. The zero-order valence-electron chi connectivity index (χ0n) is 10.6. The third kappa shape index (κ3) is 1.82. The van der Waals surface area contributed by atoms with Gasteiger partial charge >= 0.3 is 0 Å². The molecule has 0 fully saturated rings. The van der Waals surface area contributed by atoms with E-state index in [1.807, 2.05) is 31.2 Å². The molecule has 2 aliphatic rings. The standard InChI is InChI=1S/C16H14O3/c1-11-9-16(7-5-13(18)6-8-16)15-12(10-17)3-2-4-14(15)19-11/h2-8,10-11H,9H2,1H3. The molecular formula is C16H14O3. The maximum Gasteiger partial charge on any atom is 0.178 e. The first-order valence-corrected chi connectivity index (χ1v) is 6.32. The minimum atomic E-state index is -0.404. The van der Waals surface area contributed by atoms with Crippen LogP contribution in [-0.2, 0) is 10.2 Å². The van der Waals surface area contributed by atoms with Crippen LogP contribution >= 0.6 is 0 Å². The molecule has 1 aliphatic carbocycles. The van der Waals surface area contributed by atoms with E-state index in [1.54, 1.807) is 18.2 Å². The molecule has 0 bridgehead atoms. The quantitative estimate of drug-likeness (QED) is 0.723. The molecule has 0 aromatic heterocycles. The minimum Gasteiger partial charge on any atom is -0.490 e. The molecule has 96 valence electrons. The average Bonchev–Trinajstić information content (AvgIpc) is 2.41. The second-order valence-corrected chi connectivity index (χ2v) is 5.08. The molecule has 1 unspecified atom stereocenters. The van der Waals surface area contributed by atoms with E-state index in [0.29, 0.717) is 5.56 Å². The lowest BCUT2D eigenvalue weighted by atomic mass is 9.70. The average molecular weight is 254 g/mol. The predicted molar refractivity (Wildman–Crippen MR) is 71.5 cm³/mol. The molecule has 3 rings (SSSR count). The van der Waals surface area contributed by atoms with E-state index in [0.717, 1.165) is 24.0 Å². The monoisotopic (exact) mass is 254 g/mol. The number of fused-ring (bicyclic) bond motifs is 2. The number of ether oxygens (including phenoxy) is 1. The van der Waals surface area contributed by atoms with E-state index in [2.05, 4.69) is 0 Å². The molecule has 0 amide bonds. The van der Waals surface area contributed by atoms with Crippen molar-refractivity contribution < 1.29 is 14.3 Å². The Morgan fingerprint density at radius 3 is 2.74 bits per heavy atom. The van der Waals surface area contributed by atoms with Crippen LogP contribution in [0, 0.1) is 0 Å². The number of hydrogen-bond acceptors (Lipinski definition) is 3. The molecule has 1 aromatic rings. The van der Waals surface area contributed by atoms with E-state index < -0.39 is 5.41 Å². The van der Waals surface area contributed by atoms with Gasteiger partial charge in [0.05, 0.1) is 6.10 Å². The van der Waals surface area contributed by atoms with Crippen molar-refractivity contribution in [1.29, 1.82) is 0 Å². The van der Waals surface area contributed by atoms with Crippen LogP contribution in [0.2, 0.25) is 0 Å². The number of carbonyl (C=O) groups excluding carboxylic acids is 2. The topological polar surface area (TPSA) is 43.4 Å². The Bertz CT molecular complexity index is 594. The van der Waals surface area contributed by atoms with Gasteiger partial charge in [0, 0.05) is 23.0 Å². The van der Waals surface area contributed by atoms with E-state index in [9.17, 15) is 9.59 Å². The van der Waals surface area contributed by atoms with E-state index >= 15 is 0 Å². The first-order chi connectivity index (χ1) is 9.14. The number of benzene rings is 1. The predicted octanol–water partition coefficient (Wildman–Crippen LogP) is 2.60. The van der Waals surface area contributed by atoms with Gasteiger partial charge in [-0.05, 0) is 25.1 Å². The van der Waals surface area contributed by atoms with Crippen molar-refractivity contribution in [3.05, 3.63) is 53.6 Å². The van der Waals surface area contributed by atoms with Crippen molar-refractivity contribution >= 4 is 12.1 Å². The first-order valence-electron chi connectivity index (χ1n) is 6.32. The lowest BCUT2D eigenvalue weighted by molar-refractivity contribution is -0.110. The Hall–Kier alpha value is -2.16. The smallest absolute Gasteiger partial charge is 0.178 e. The fourth-order valence-corrected chi connectivity index (χ4v) is 2.95. The van der Waals surface area contributed by atoms with Gasteiger partial charge in [-0.15, -0.1) is 0 Å². The molecule has 3 heteroatoms. The summed E-state index contributed by atoms with van der Waals surface area (Å²) in [5.41, 5.74) is 1.08. The third-order valence-corrected chi connectivity index (χ3v) is 3.69. The van der Waals surface area contributed by atoms with Gasteiger partial charge in [0.2, 0.25) is 0 Å². The van der Waals surface area contributed by atoms with Gasteiger partial charge < -0.3 is 4.74 Å². The highest BCUT2D eigenvalue weighted by atomic mass is 16.5. The van der Waals surface area contributed by atoms with Crippen LogP contribution in [0.15, 0.2) is 42.5 Å². The van der Waals surface area contributed by atoms with Crippen molar-refractivity contribution in [1.82, 2.24) is 0 Å². The summed E-state index contributed by atoms with van der Waals surface area (Å²) in [6, 6.07) is 5.47. The van der Waals surface area contributed by atoms with Crippen molar-refractivity contribution in [3.63, 3.8) is 0 Å². The summed E-state index contributed by atoms with van der Waals surface area (Å²) in [6.07, 6.45) is 8.54. The molecule has 1 atom stereocenters. The molecule has 0 N–H and O–H groups in total. The third-order valence-electron chi connectivity index (χ3n) is 3.69. The molecule has 0 saturated heterocycles. The highest BCUT2D eigenvalue weighted by Gasteiger charge is 2.39. The van der Waals surface area contributed by atoms with Crippen LogP contribution in [0.3, 0.4) is 0 Å². The lowest BCUT2D eigenvalue weighted by Crippen LogP contribution is -2.36. The highest BCUT2D eigenvalue weighted by Crippen LogP contribution is 2.45. The number of ketones is 1. The number of rotatable bonds is 1. The fourth-order valence-electron chi connectivity index (χ4n) is 2.95. The molecule has 19 heavy (non-hydrogen) atoms. The summed E-state index contributed by atoms with van der Waals surface area (Å²) < 4.78 is 5.82. The highest BCUT2D eigenvalue weighted by molar-refractivity contribution is 6.01. The minimum absolute atomic E-state index is 0.0186. The second-order valence-electron chi connectivity index (χ2n) is 5.08. The molecule has 1 aromatic carbocycles. The first kappa shape index (κ1) is 11.9. The van der Waals surface area contributed by atoms with Crippen LogP contribution in [0.4, 0.5) is 0 Å². The molecular weight excluding hydrogens is 240 g/mol. The Labute approximate surface area is 111 Å². The Morgan fingerprint density at radius 2 is 2.05 bits per heavy atom. The fraction of sp³-hybridized carbons (Fsp3) is 0.250. The van der Waals surface area contributed by atoms with Crippen LogP contribution in [0.5, 0.6) is 5.75 Å². The molecule has 1 heterocycles. The summed E-state index contributed by atoms with van der Waals surface area (Å²) in [7, 11) is 0. The summed E-state index contributed by atoms with van der Waals surface area (Å²) >= 11 is 0. The SMILES string of the molecule is CC1CC2(C=CC(=O)C=C2)c2c(C=O)cccc2O1. The van der Waals surface area contributed by atoms with Crippen molar-refractivity contribution in [2.24, 2.45) is 0 Å². The van der Waals surface area contributed by atoms with E-state index in [-0.39, 0.29) is 11.9 Å². The van der Waals surface area contributed by atoms with Gasteiger partial charge in [-0.3, -0.25) is 9.59 Å². The van der Waals surface area contributed by atoms with Gasteiger partial charge in [-0.1, -0.05) is 24.3 Å². The van der Waals surface area contributed by atoms with Gasteiger partial charge in [-0.25, -0.2) is 0 Å². The second kappa shape index (κ2) is 4.19. The summed E-state index contributed by atoms with van der Waals surface area (Å²) in [6.45, 7) is 2.00. The summed E-state index contributed by atoms with van der Waals surface area (Å²) in [4.78, 5) is 22.6. The molecule has 3 nitrogen and oxygen atoms in total. The molecule has 1 spiro atoms. The number of aldehydes is 1. The summed E-state index contributed by atoms with van der Waals surface area (Å²) in [5, 5.41) is 0. The molecule has 0 radical (unpaired) electrons. The van der Waals surface area contributed by atoms with Crippen molar-refractivity contribution in [2.75, 3.05) is 0 Å². The van der Waals surface area contributed by atoms with Crippen LogP contribution in [0.1, 0.15) is 29.3 Å².